The van der Waals surface area contributed by atoms with Crippen LogP contribution in [-0.2, 0) is 6.54 Å². The zero-order valence-corrected chi connectivity index (χ0v) is 13.7. The largest absolute Gasteiger partial charge is 0.337 e. The van der Waals surface area contributed by atoms with Crippen LogP contribution < -0.4 is 0 Å². The first-order chi connectivity index (χ1) is 10.7. The summed E-state index contributed by atoms with van der Waals surface area (Å²) >= 11 is 1.55. The molecule has 2 aromatic heterocycles. The maximum Gasteiger partial charge on any atom is 0.264 e. The zero-order valence-electron chi connectivity index (χ0n) is 12.9. The van der Waals surface area contributed by atoms with Crippen molar-refractivity contribution in [2.24, 2.45) is 0 Å². The molecule has 0 N–H and O–H groups in total. The van der Waals surface area contributed by atoms with Gasteiger partial charge in [0.25, 0.3) is 5.91 Å². The molecule has 116 valence electrons. The molecule has 0 aliphatic carbocycles. The van der Waals surface area contributed by atoms with E-state index in [4.69, 9.17) is 0 Å². The Kier molecular flexibility index (Phi) is 4.85. The SMILES string of the molecule is Cc1ccsc1C(=O)N1CCCN(Cc2ccccn2)CC1. The van der Waals surface area contributed by atoms with Gasteiger partial charge in [-0.25, -0.2) is 0 Å². The third kappa shape index (κ3) is 3.54. The van der Waals surface area contributed by atoms with Crippen LogP contribution in [-0.4, -0.2) is 46.9 Å². The van der Waals surface area contributed by atoms with Gasteiger partial charge in [0.1, 0.15) is 0 Å². The van der Waals surface area contributed by atoms with E-state index >= 15 is 0 Å². The molecule has 1 amide bonds. The van der Waals surface area contributed by atoms with E-state index in [1.165, 1.54) is 0 Å². The summed E-state index contributed by atoms with van der Waals surface area (Å²) in [5, 5.41) is 1.99. The Balaban J connectivity index is 1.60. The number of carbonyl (C=O) groups excluding carboxylic acids is 1. The number of hydrogen-bond acceptors (Lipinski definition) is 4. The Labute approximate surface area is 135 Å². The van der Waals surface area contributed by atoms with Crippen LogP contribution in [0.25, 0.3) is 0 Å². The van der Waals surface area contributed by atoms with Crippen molar-refractivity contribution in [3.8, 4) is 0 Å². The minimum atomic E-state index is 0.187. The summed E-state index contributed by atoms with van der Waals surface area (Å²) in [5.74, 6) is 0.187. The summed E-state index contributed by atoms with van der Waals surface area (Å²) in [5.41, 5.74) is 2.18. The third-order valence-corrected chi connectivity index (χ3v) is 5.05. The predicted molar refractivity (Wildman–Crippen MR) is 89.1 cm³/mol. The first kappa shape index (κ1) is 15.2. The number of rotatable bonds is 3. The summed E-state index contributed by atoms with van der Waals surface area (Å²) in [6.45, 7) is 6.43. The van der Waals surface area contributed by atoms with E-state index in [2.05, 4.69) is 16.0 Å². The molecule has 4 nitrogen and oxygen atoms in total. The van der Waals surface area contributed by atoms with Crippen molar-refractivity contribution in [3.05, 3.63) is 52.0 Å². The highest BCUT2D eigenvalue weighted by molar-refractivity contribution is 7.12. The first-order valence-corrected chi connectivity index (χ1v) is 8.57. The number of aromatic nitrogens is 1. The molecule has 1 fully saturated rings. The summed E-state index contributed by atoms with van der Waals surface area (Å²) in [7, 11) is 0. The monoisotopic (exact) mass is 315 g/mol. The maximum absolute atomic E-state index is 12.6. The van der Waals surface area contributed by atoms with Crippen molar-refractivity contribution >= 4 is 17.2 Å². The minimum Gasteiger partial charge on any atom is -0.337 e. The van der Waals surface area contributed by atoms with Crippen molar-refractivity contribution < 1.29 is 4.79 Å². The molecule has 0 radical (unpaired) electrons. The molecule has 3 rings (SSSR count). The molecule has 2 aromatic rings. The average molecular weight is 315 g/mol. The van der Waals surface area contributed by atoms with Crippen LogP contribution in [0.5, 0.6) is 0 Å². The molecule has 1 aliphatic rings. The highest BCUT2D eigenvalue weighted by Crippen LogP contribution is 2.19. The molecule has 3 heterocycles. The highest BCUT2D eigenvalue weighted by Gasteiger charge is 2.22. The summed E-state index contributed by atoms with van der Waals surface area (Å²) in [6.07, 6.45) is 2.85. The van der Waals surface area contributed by atoms with Crippen LogP contribution in [0.1, 0.15) is 27.3 Å². The molecular weight excluding hydrogens is 294 g/mol. The molecule has 22 heavy (non-hydrogen) atoms. The Bertz CT molecular complexity index is 626. The molecule has 0 spiro atoms. The molecule has 5 heteroatoms. The molecule has 0 bridgehead atoms. The number of hydrogen-bond donors (Lipinski definition) is 0. The fourth-order valence-electron chi connectivity index (χ4n) is 2.79. The van der Waals surface area contributed by atoms with Gasteiger partial charge in [-0.05, 0) is 42.5 Å². The molecule has 0 unspecified atom stereocenters. The molecule has 1 saturated heterocycles. The lowest BCUT2D eigenvalue weighted by Gasteiger charge is -2.21. The Morgan fingerprint density at radius 1 is 1.23 bits per heavy atom. The van der Waals surface area contributed by atoms with Crippen LogP contribution in [0.15, 0.2) is 35.8 Å². The van der Waals surface area contributed by atoms with Crippen LogP contribution >= 0.6 is 11.3 Å². The number of thiophene rings is 1. The van der Waals surface area contributed by atoms with E-state index in [9.17, 15) is 4.79 Å². The van der Waals surface area contributed by atoms with Gasteiger partial charge in [-0.1, -0.05) is 6.07 Å². The van der Waals surface area contributed by atoms with Crippen molar-refractivity contribution in [2.75, 3.05) is 26.2 Å². The second-order valence-corrected chi connectivity index (χ2v) is 6.59. The van der Waals surface area contributed by atoms with Gasteiger partial charge in [0.05, 0.1) is 10.6 Å². The summed E-state index contributed by atoms with van der Waals surface area (Å²) in [6, 6.07) is 8.04. The number of amides is 1. The van der Waals surface area contributed by atoms with Gasteiger partial charge in [-0.15, -0.1) is 11.3 Å². The molecule has 0 atom stereocenters. The van der Waals surface area contributed by atoms with Crippen LogP contribution in [0.3, 0.4) is 0 Å². The van der Waals surface area contributed by atoms with E-state index in [0.29, 0.717) is 0 Å². The quantitative estimate of drug-likeness (QED) is 0.874. The van der Waals surface area contributed by atoms with E-state index < -0.39 is 0 Å². The topological polar surface area (TPSA) is 36.4 Å². The van der Waals surface area contributed by atoms with E-state index in [1.807, 2.05) is 41.6 Å². The smallest absolute Gasteiger partial charge is 0.264 e. The van der Waals surface area contributed by atoms with Crippen molar-refractivity contribution in [2.45, 2.75) is 19.9 Å². The molecule has 0 saturated carbocycles. The molecule has 0 aromatic carbocycles. The van der Waals surface area contributed by atoms with Crippen LogP contribution in [0.4, 0.5) is 0 Å². The predicted octanol–water partition coefficient (Wildman–Crippen LogP) is 2.80. The van der Waals surface area contributed by atoms with Gasteiger partial charge in [0, 0.05) is 38.9 Å². The average Bonchev–Trinajstić information content (AvgIpc) is 2.82. The van der Waals surface area contributed by atoms with Gasteiger partial charge in [0.15, 0.2) is 0 Å². The second kappa shape index (κ2) is 7.03. The second-order valence-electron chi connectivity index (χ2n) is 5.68. The van der Waals surface area contributed by atoms with Gasteiger partial charge >= 0.3 is 0 Å². The summed E-state index contributed by atoms with van der Waals surface area (Å²) in [4.78, 5) is 22.3. The fraction of sp³-hybridized carbons (Fsp3) is 0.412. The number of nitrogens with zero attached hydrogens (tertiary/aromatic N) is 3. The fourth-order valence-corrected chi connectivity index (χ4v) is 3.68. The number of carbonyl (C=O) groups is 1. The molecular formula is C17H21N3OS. The zero-order chi connectivity index (χ0) is 15.4. The lowest BCUT2D eigenvalue weighted by molar-refractivity contribution is 0.0765. The molecule has 1 aliphatic heterocycles. The lowest BCUT2D eigenvalue weighted by atomic mass is 10.2. The summed E-state index contributed by atoms with van der Waals surface area (Å²) < 4.78 is 0. The van der Waals surface area contributed by atoms with Gasteiger partial charge in [0.2, 0.25) is 0 Å². The number of pyridine rings is 1. The standard InChI is InChI=1S/C17H21N3OS/c1-14-6-12-22-16(14)17(21)20-9-4-8-19(10-11-20)13-15-5-2-3-7-18-15/h2-3,5-7,12H,4,8-11,13H2,1H3. The first-order valence-electron chi connectivity index (χ1n) is 7.69. The Hall–Kier alpha value is -1.72. The van der Waals surface area contributed by atoms with Crippen molar-refractivity contribution in [1.29, 1.82) is 0 Å². The van der Waals surface area contributed by atoms with Crippen LogP contribution in [0, 0.1) is 6.92 Å². The van der Waals surface area contributed by atoms with Crippen LogP contribution in [0.2, 0.25) is 0 Å². The van der Waals surface area contributed by atoms with Gasteiger partial charge < -0.3 is 4.90 Å². The lowest BCUT2D eigenvalue weighted by Crippen LogP contribution is -2.35. The van der Waals surface area contributed by atoms with Gasteiger partial charge in [-0.3, -0.25) is 14.7 Å². The number of aryl methyl sites for hydroxylation is 1. The third-order valence-electron chi connectivity index (χ3n) is 4.04. The Morgan fingerprint density at radius 2 is 2.14 bits per heavy atom. The normalized spacial score (nSPS) is 16.5. The van der Waals surface area contributed by atoms with E-state index in [-0.39, 0.29) is 5.91 Å². The highest BCUT2D eigenvalue weighted by atomic mass is 32.1. The maximum atomic E-state index is 12.6. The minimum absolute atomic E-state index is 0.187. The van der Waals surface area contributed by atoms with Crippen molar-refractivity contribution in [3.63, 3.8) is 0 Å². The van der Waals surface area contributed by atoms with Gasteiger partial charge in [-0.2, -0.15) is 0 Å². The van der Waals surface area contributed by atoms with E-state index in [1.54, 1.807) is 11.3 Å². The van der Waals surface area contributed by atoms with Crippen molar-refractivity contribution in [1.82, 2.24) is 14.8 Å². The Morgan fingerprint density at radius 3 is 2.86 bits per heavy atom. The van der Waals surface area contributed by atoms with E-state index in [0.717, 1.165) is 55.3 Å².